The first-order valence-electron chi connectivity index (χ1n) is 4.52. The summed E-state index contributed by atoms with van der Waals surface area (Å²) in [6.45, 7) is 5.50. The number of rotatable bonds is 4. The van der Waals surface area contributed by atoms with Crippen molar-refractivity contribution in [2.24, 2.45) is 17.6 Å². The number of hydrogen-bond donors (Lipinski definition) is 1. The van der Waals surface area contributed by atoms with Gasteiger partial charge >= 0.3 is 0 Å². The molecule has 1 saturated carbocycles. The summed E-state index contributed by atoms with van der Waals surface area (Å²) < 4.78 is 0. The molecule has 1 aliphatic carbocycles. The zero-order valence-corrected chi connectivity index (χ0v) is 8.90. The first-order chi connectivity index (χ1) is 5.52. The minimum absolute atomic E-state index is 0.243. The van der Waals surface area contributed by atoms with Gasteiger partial charge in [0, 0.05) is 6.54 Å². The van der Waals surface area contributed by atoms with Crippen LogP contribution in [0.15, 0.2) is 0 Å². The molecule has 0 heterocycles. The Hall–Kier alpha value is -0.150. The summed E-state index contributed by atoms with van der Waals surface area (Å²) in [6.07, 6.45) is 1.37. The van der Waals surface area contributed by atoms with E-state index in [2.05, 4.69) is 25.8 Å². The minimum Gasteiger partial charge on any atom is -0.392 e. The summed E-state index contributed by atoms with van der Waals surface area (Å²) in [6, 6.07) is 0.243. The Balaban J connectivity index is 2.27. The molecule has 1 aliphatic rings. The fourth-order valence-corrected chi connectivity index (χ4v) is 1.58. The Bertz CT molecular complexity index is 181. The molecule has 0 aromatic heterocycles. The average Bonchev–Trinajstić information content (AvgIpc) is 2.64. The molecular weight excluding hydrogens is 168 g/mol. The van der Waals surface area contributed by atoms with Gasteiger partial charge in [-0.05, 0) is 32.2 Å². The predicted octanol–water partition coefficient (Wildman–Crippen LogP) is 1.25. The summed E-state index contributed by atoms with van der Waals surface area (Å²) in [5.41, 5.74) is 5.56. The van der Waals surface area contributed by atoms with Crippen LogP contribution in [0.25, 0.3) is 0 Å². The highest BCUT2D eigenvalue weighted by Crippen LogP contribution is 2.38. The molecule has 0 spiro atoms. The van der Waals surface area contributed by atoms with E-state index in [-0.39, 0.29) is 6.04 Å². The van der Waals surface area contributed by atoms with Crippen molar-refractivity contribution in [2.75, 3.05) is 13.6 Å². The second kappa shape index (κ2) is 3.71. The SMILES string of the molecule is CC1CC1CN(C)C(C)C(N)=S. The van der Waals surface area contributed by atoms with Gasteiger partial charge in [-0.2, -0.15) is 0 Å². The van der Waals surface area contributed by atoms with Crippen LogP contribution in [0, 0.1) is 11.8 Å². The molecule has 3 heteroatoms. The van der Waals surface area contributed by atoms with Crippen LogP contribution in [0.2, 0.25) is 0 Å². The van der Waals surface area contributed by atoms with Crippen molar-refractivity contribution < 1.29 is 0 Å². The Morgan fingerprint density at radius 2 is 2.25 bits per heavy atom. The second-order valence-corrected chi connectivity index (χ2v) is 4.46. The Kier molecular flexibility index (Phi) is 3.07. The van der Waals surface area contributed by atoms with E-state index in [1.165, 1.54) is 6.42 Å². The van der Waals surface area contributed by atoms with Crippen LogP contribution in [0.4, 0.5) is 0 Å². The molecule has 0 amide bonds. The monoisotopic (exact) mass is 186 g/mol. The maximum atomic E-state index is 5.56. The number of nitrogens with zero attached hydrogens (tertiary/aromatic N) is 1. The van der Waals surface area contributed by atoms with Gasteiger partial charge in [-0.3, -0.25) is 4.90 Å². The molecule has 3 atom stereocenters. The first-order valence-corrected chi connectivity index (χ1v) is 4.92. The van der Waals surface area contributed by atoms with Gasteiger partial charge in [0.25, 0.3) is 0 Å². The van der Waals surface area contributed by atoms with E-state index >= 15 is 0 Å². The second-order valence-electron chi connectivity index (χ2n) is 3.99. The van der Waals surface area contributed by atoms with E-state index in [9.17, 15) is 0 Å². The smallest absolute Gasteiger partial charge is 0.0899 e. The molecule has 12 heavy (non-hydrogen) atoms. The van der Waals surface area contributed by atoms with Gasteiger partial charge in [0.2, 0.25) is 0 Å². The molecule has 3 unspecified atom stereocenters. The normalized spacial score (nSPS) is 30.3. The summed E-state index contributed by atoms with van der Waals surface area (Å²) in [5.74, 6) is 1.79. The van der Waals surface area contributed by atoms with Gasteiger partial charge in [0.1, 0.15) is 0 Å². The molecule has 1 rings (SSSR count). The highest BCUT2D eigenvalue weighted by molar-refractivity contribution is 7.80. The average molecular weight is 186 g/mol. The van der Waals surface area contributed by atoms with Gasteiger partial charge in [-0.25, -0.2) is 0 Å². The van der Waals surface area contributed by atoms with Crippen LogP contribution in [-0.4, -0.2) is 29.5 Å². The van der Waals surface area contributed by atoms with Crippen molar-refractivity contribution in [3.8, 4) is 0 Å². The molecule has 2 N–H and O–H groups in total. The van der Waals surface area contributed by atoms with Crippen LogP contribution in [0.5, 0.6) is 0 Å². The lowest BCUT2D eigenvalue weighted by Crippen LogP contribution is -2.40. The lowest BCUT2D eigenvalue weighted by molar-refractivity contribution is 0.294. The van der Waals surface area contributed by atoms with E-state index in [4.69, 9.17) is 18.0 Å². The maximum Gasteiger partial charge on any atom is 0.0899 e. The van der Waals surface area contributed by atoms with E-state index < -0.39 is 0 Å². The Morgan fingerprint density at radius 1 is 1.75 bits per heavy atom. The van der Waals surface area contributed by atoms with Crippen LogP contribution < -0.4 is 5.73 Å². The molecule has 70 valence electrons. The molecule has 0 saturated heterocycles. The number of hydrogen-bond acceptors (Lipinski definition) is 2. The maximum absolute atomic E-state index is 5.56. The van der Waals surface area contributed by atoms with E-state index in [0.717, 1.165) is 18.4 Å². The van der Waals surface area contributed by atoms with Crippen LogP contribution >= 0.6 is 12.2 Å². The summed E-state index contributed by atoms with van der Waals surface area (Å²) >= 11 is 4.93. The van der Waals surface area contributed by atoms with Crippen molar-refractivity contribution in [3.05, 3.63) is 0 Å². The number of nitrogens with two attached hydrogens (primary N) is 1. The van der Waals surface area contributed by atoms with Crippen molar-refractivity contribution in [1.82, 2.24) is 4.90 Å². The molecule has 0 radical (unpaired) electrons. The minimum atomic E-state index is 0.243. The van der Waals surface area contributed by atoms with Crippen LogP contribution in [-0.2, 0) is 0 Å². The highest BCUT2D eigenvalue weighted by atomic mass is 32.1. The van der Waals surface area contributed by atoms with Gasteiger partial charge in [-0.15, -0.1) is 0 Å². The third kappa shape index (κ3) is 2.42. The van der Waals surface area contributed by atoms with Crippen LogP contribution in [0.1, 0.15) is 20.3 Å². The molecular formula is C9H18N2S. The van der Waals surface area contributed by atoms with Crippen molar-refractivity contribution >= 4 is 17.2 Å². The predicted molar refractivity (Wildman–Crippen MR) is 56.1 cm³/mol. The van der Waals surface area contributed by atoms with Gasteiger partial charge in [0.15, 0.2) is 0 Å². The largest absolute Gasteiger partial charge is 0.392 e. The van der Waals surface area contributed by atoms with Crippen molar-refractivity contribution in [2.45, 2.75) is 26.3 Å². The number of thiocarbonyl (C=S) groups is 1. The van der Waals surface area contributed by atoms with Crippen molar-refractivity contribution in [1.29, 1.82) is 0 Å². The Labute approximate surface area is 80.1 Å². The highest BCUT2D eigenvalue weighted by Gasteiger charge is 2.34. The molecule has 0 aromatic carbocycles. The quantitative estimate of drug-likeness (QED) is 0.670. The Morgan fingerprint density at radius 3 is 2.58 bits per heavy atom. The zero-order chi connectivity index (χ0) is 9.30. The standard InChI is InChI=1S/C9H18N2S/c1-6-4-8(6)5-11(3)7(2)9(10)12/h6-8H,4-5H2,1-3H3,(H2,10,12). The fourth-order valence-electron chi connectivity index (χ4n) is 1.40. The van der Waals surface area contributed by atoms with E-state index in [0.29, 0.717) is 4.99 Å². The van der Waals surface area contributed by atoms with E-state index in [1.807, 2.05) is 0 Å². The molecule has 1 fully saturated rings. The molecule has 0 aliphatic heterocycles. The fraction of sp³-hybridized carbons (Fsp3) is 0.889. The van der Waals surface area contributed by atoms with Crippen LogP contribution in [0.3, 0.4) is 0 Å². The van der Waals surface area contributed by atoms with E-state index in [1.54, 1.807) is 0 Å². The molecule has 0 bridgehead atoms. The lowest BCUT2D eigenvalue weighted by atomic mass is 10.2. The van der Waals surface area contributed by atoms with Gasteiger partial charge < -0.3 is 5.73 Å². The molecule has 0 aromatic rings. The molecule has 2 nitrogen and oxygen atoms in total. The van der Waals surface area contributed by atoms with Crippen molar-refractivity contribution in [3.63, 3.8) is 0 Å². The van der Waals surface area contributed by atoms with Gasteiger partial charge in [-0.1, -0.05) is 19.1 Å². The topological polar surface area (TPSA) is 29.3 Å². The zero-order valence-electron chi connectivity index (χ0n) is 8.08. The third-order valence-electron chi connectivity index (χ3n) is 2.87. The summed E-state index contributed by atoms with van der Waals surface area (Å²) in [5, 5.41) is 0. The summed E-state index contributed by atoms with van der Waals surface area (Å²) in [7, 11) is 2.09. The first kappa shape index (κ1) is 9.93. The lowest BCUT2D eigenvalue weighted by Gasteiger charge is -2.23. The third-order valence-corrected chi connectivity index (χ3v) is 3.21. The number of likely N-dealkylation sites (N-methyl/N-ethyl adjacent to an activating group) is 1. The summed E-state index contributed by atoms with van der Waals surface area (Å²) in [4.78, 5) is 2.85. The van der Waals surface area contributed by atoms with Gasteiger partial charge in [0.05, 0.1) is 11.0 Å².